The molecule has 3 heteroatoms. The third-order valence-electron chi connectivity index (χ3n) is 2.58. The van der Waals surface area contributed by atoms with Crippen LogP contribution in [0.3, 0.4) is 0 Å². The number of aliphatic hydroxyl groups is 2. The number of hydrogen-bond acceptors (Lipinski definition) is 3. The first-order valence-electron chi connectivity index (χ1n) is 7.06. The largest absolute Gasteiger partial charge is 0.491 e. The lowest BCUT2D eigenvalue weighted by Gasteiger charge is -2.16. The van der Waals surface area contributed by atoms with E-state index in [1.54, 1.807) is 0 Å². The minimum atomic E-state index is -0.596. The standard InChI is InChI=1S/C10H14O.C8H10O2/c1-10(2,11)8-9-6-4-3-5-7-9;9-6-7-10-8-4-2-1-3-5-8/h3-7,11H,8H2,1-2H3;1-5,9H,6-7H2. The van der Waals surface area contributed by atoms with E-state index in [1.165, 1.54) is 5.56 Å². The van der Waals surface area contributed by atoms with Crippen LogP contribution in [0.25, 0.3) is 0 Å². The van der Waals surface area contributed by atoms with Crippen molar-refractivity contribution in [3.05, 3.63) is 66.2 Å². The van der Waals surface area contributed by atoms with Crippen molar-refractivity contribution in [2.75, 3.05) is 13.2 Å². The minimum absolute atomic E-state index is 0.0644. The first kappa shape index (κ1) is 17.2. The Hall–Kier alpha value is -1.84. The zero-order valence-corrected chi connectivity index (χ0v) is 12.7. The topological polar surface area (TPSA) is 49.7 Å². The molecule has 0 unspecified atom stereocenters. The van der Waals surface area contributed by atoms with Crippen LogP contribution in [0.15, 0.2) is 60.7 Å². The van der Waals surface area contributed by atoms with Gasteiger partial charge in [-0.3, -0.25) is 0 Å². The number of aliphatic hydroxyl groups excluding tert-OH is 1. The van der Waals surface area contributed by atoms with E-state index < -0.39 is 5.60 Å². The highest BCUT2D eigenvalue weighted by Gasteiger charge is 2.12. The summed E-state index contributed by atoms with van der Waals surface area (Å²) in [5.74, 6) is 0.802. The van der Waals surface area contributed by atoms with Crippen LogP contribution in [-0.2, 0) is 6.42 Å². The molecule has 21 heavy (non-hydrogen) atoms. The Bertz CT molecular complexity index is 475. The molecule has 2 rings (SSSR count). The second-order valence-electron chi connectivity index (χ2n) is 5.36. The van der Waals surface area contributed by atoms with E-state index in [-0.39, 0.29) is 6.61 Å². The first-order valence-corrected chi connectivity index (χ1v) is 7.06. The number of para-hydroxylation sites is 1. The van der Waals surface area contributed by atoms with Crippen molar-refractivity contribution in [2.45, 2.75) is 25.9 Å². The fourth-order valence-corrected chi connectivity index (χ4v) is 1.78. The van der Waals surface area contributed by atoms with Crippen molar-refractivity contribution in [1.29, 1.82) is 0 Å². The minimum Gasteiger partial charge on any atom is -0.491 e. The molecule has 0 amide bonds. The third kappa shape index (κ3) is 8.84. The Morgan fingerprint density at radius 3 is 1.90 bits per heavy atom. The van der Waals surface area contributed by atoms with Gasteiger partial charge in [0.15, 0.2) is 0 Å². The molecule has 0 bridgehead atoms. The summed E-state index contributed by atoms with van der Waals surface area (Å²) >= 11 is 0. The van der Waals surface area contributed by atoms with Crippen molar-refractivity contribution in [1.82, 2.24) is 0 Å². The van der Waals surface area contributed by atoms with Crippen LogP contribution in [0, 0.1) is 0 Å². The predicted octanol–water partition coefficient (Wildman–Crippen LogP) is 3.06. The monoisotopic (exact) mass is 288 g/mol. The van der Waals surface area contributed by atoms with Gasteiger partial charge in [0.2, 0.25) is 0 Å². The molecule has 0 atom stereocenters. The lowest BCUT2D eigenvalue weighted by Crippen LogP contribution is -2.21. The highest BCUT2D eigenvalue weighted by molar-refractivity contribution is 5.20. The van der Waals surface area contributed by atoms with Crippen LogP contribution in [0.5, 0.6) is 5.75 Å². The van der Waals surface area contributed by atoms with Crippen molar-refractivity contribution in [2.24, 2.45) is 0 Å². The molecular formula is C18H24O3. The van der Waals surface area contributed by atoms with Gasteiger partial charge in [0.05, 0.1) is 12.2 Å². The Labute approximate surface area is 126 Å². The molecule has 0 aliphatic rings. The molecule has 0 saturated carbocycles. The lowest BCUT2D eigenvalue weighted by molar-refractivity contribution is 0.0810. The third-order valence-corrected chi connectivity index (χ3v) is 2.58. The second-order valence-corrected chi connectivity index (χ2v) is 5.36. The summed E-state index contributed by atoms with van der Waals surface area (Å²) < 4.78 is 5.11. The SMILES string of the molecule is CC(C)(O)Cc1ccccc1.OCCOc1ccccc1. The van der Waals surface area contributed by atoms with Crippen molar-refractivity contribution >= 4 is 0 Å². The highest BCUT2D eigenvalue weighted by Crippen LogP contribution is 2.11. The van der Waals surface area contributed by atoms with Crippen molar-refractivity contribution in [3.63, 3.8) is 0 Å². The van der Waals surface area contributed by atoms with Crippen LogP contribution in [0.4, 0.5) is 0 Å². The molecule has 0 saturated heterocycles. The van der Waals surface area contributed by atoms with Crippen molar-refractivity contribution < 1.29 is 14.9 Å². The molecule has 0 fully saturated rings. The molecule has 0 aromatic heterocycles. The van der Waals surface area contributed by atoms with Gasteiger partial charge < -0.3 is 14.9 Å². The summed E-state index contributed by atoms with van der Waals surface area (Å²) in [5.41, 5.74) is 0.585. The molecule has 0 heterocycles. The molecule has 3 nitrogen and oxygen atoms in total. The Morgan fingerprint density at radius 1 is 0.905 bits per heavy atom. The van der Waals surface area contributed by atoms with E-state index in [0.717, 1.165) is 5.75 Å². The van der Waals surface area contributed by atoms with Gasteiger partial charge in [0.1, 0.15) is 12.4 Å². The molecule has 2 N–H and O–H groups in total. The van der Waals surface area contributed by atoms with Crippen LogP contribution >= 0.6 is 0 Å². The molecular weight excluding hydrogens is 264 g/mol. The van der Waals surface area contributed by atoms with Crippen LogP contribution in [-0.4, -0.2) is 29.0 Å². The smallest absolute Gasteiger partial charge is 0.119 e. The lowest BCUT2D eigenvalue weighted by atomic mass is 9.99. The van der Waals surface area contributed by atoms with Crippen LogP contribution in [0.1, 0.15) is 19.4 Å². The summed E-state index contributed by atoms with van der Waals surface area (Å²) in [4.78, 5) is 0. The van der Waals surface area contributed by atoms with E-state index in [4.69, 9.17) is 9.84 Å². The summed E-state index contributed by atoms with van der Waals surface area (Å²) in [6, 6.07) is 19.4. The maximum absolute atomic E-state index is 9.47. The van der Waals surface area contributed by atoms with Gasteiger partial charge in [0.25, 0.3) is 0 Å². The molecule has 2 aromatic carbocycles. The number of benzene rings is 2. The molecule has 2 aromatic rings. The molecule has 0 radical (unpaired) electrons. The van der Waals surface area contributed by atoms with Gasteiger partial charge in [-0.2, -0.15) is 0 Å². The predicted molar refractivity (Wildman–Crippen MR) is 85.5 cm³/mol. The highest BCUT2D eigenvalue weighted by atomic mass is 16.5. The van der Waals surface area contributed by atoms with E-state index >= 15 is 0 Å². The van der Waals surface area contributed by atoms with E-state index in [0.29, 0.717) is 13.0 Å². The van der Waals surface area contributed by atoms with Gasteiger partial charge in [-0.05, 0) is 31.5 Å². The maximum Gasteiger partial charge on any atom is 0.119 e. The maximum atomic E-state index is 9.47. The van der Waals surface area contributed by atoms with E-state index in [9.17, 15) is 5.11 Å². The summed E-state index contributed by atoms with van der Waals surface area (Å²) in [6.07, 6.45) is 0.716. The molecule has 0 spiro atoms. The number of hydrogen-bond donors (Lipinski definition) is 2. The quantitative estimate of drug-likeness (QED) is 0.889. The van der Waals surface area contributed by atoms with Gasteiger partial charge in [0, 0.05) is 6.42 Å². The van der Waals surface area contributed by atoms with Gasteiger partial charge in [-0.25, -0.2) is 0 Å². The normalized spacial score (nSPS) is 10.5. The number of ether oxygens (including phenoxy) is 1. The van der Waals surface area contributed by atoms with Crippen molar-refractivity contribution in [3.8, 4) is 5.75 Å². The fourth-order valence-electron chi connectivity index (χ4n) is 1.78. The van der Waals surface area contributed by atoms with Crippen LogP contribution in [0.2, 0.25) is 0 Å². The number of rotatable bonds is 5. The summed E-state index contributed by atoms with van der Waals surface area (Å²) in [6.45, 7) is 4.07. The summed E-state index contributed by atoms with van der Waals surface area (Å²) in [5, 5.41) is 17.9. The summed E-state index contributed by atoms with van der Waals surface area (Å²) in [7, 11) is 0. The van der Waals surface area contributed by atoms with E-state index in [1.807, 2.05) is 74.5 Å². The average Bonchev–Trinajstić information content (AvgIpc) is 2.46. The Balaban J connectivity index is 0.000000211. The molecule has 0 aliphatic carbocycles. The zero-order valence-electron chi connectivity index (χ0n) is 12.7. The van der Waals surface area contributed by atoms with Gasteiger partial charge >= 0.3 is 0 Å². The first-order chi connectivity index (χ1) is 10.0. The Morgan fingerprint density at radius 2 is 1.43 bits per heavy atom. The molecule has 0 aliphatic heterocycles. The van der Waals surface area contributed by atoms with Gasteiger partial charge in [-0.1, -0.05) is 48.5 Å². The zero-order chi connectivity index (χ0) is 15.6. The molecule has 114 valence electrons. The Kier molecular flexibility index (Phi) is 7.51. The van der Waals surface area contributed by atoms with Gasteiger partial charge in [-0.15, -0.1) is 0 Å². The van der Waals surface area contributed by atoms with E-state index in [2.05, 4.69) is 0 Å². The second kappa shape index (κ2) is 9.16. The average molecular weight is 288 g/mol. The fraction of sp³-hybridized carbons (Fsp3) is 0.333. The van der Waals surface area contributed by atoms with Crippen LogP contribution < -0.4 is 4.74 Å².